The topological polar surface area (TPSA) is 180 Å². The number of nitrogens with one attached hydrogen (secondary N) is 3. The van der Waals surface area contributed by atoms with Gasteiger partial charge < -0.3 is 31.9 Å². The highest BCUT2D eigenvalue weighted by molar-refractivity contribution is 6.11. The van der Waals surface area contributed by atoms with Crippen molar-refractivity contribution in [1.82, 2.24) is 25.9 Å². The minimum atomic E-state index is -0.499. The minimum absolute atomic E-state index is 0.0109. The maximum absolute atomic E-state index is 12.7. The Labute approximate surface area is 194 Å². The number of aromatic nitrogens is 2. The second-order valence-electron chi connectivity index (χ2n) is 7.70. The molecule has 1 fully saturated rings. The molecule has 1 saturated heterocycles. The van der Waals surface area contributed by atoms with Crippen LogP contribution in [0.4, 0.5) is 5.95 Å². The first-order chi connectivity index (χ1) is 16.3. The van der Waals surface area contributed by atoms with Crippen molar-refractivity contribution in [2.75, 3.05) is 18.8 Å². The van der Waals surface area contributed by atoms with Gasteiger partial charge in [0.25, 0.3) is 11.8 Å². The number of anilines is 1. The summed E-state index contributed by atoms with van der Waals surface area (Å²) in [4.78, 5) is 45.5. The Kier molecular flexibility index (Phi) is 6.37. The molecule has 3 aromatic rings. The van der Waals surface area contributed by atoms with Gasteiger partial charge in [0.1, 0.15) is 5.69 Å². The van der Waals surface area contributed by atoms with Crippen LogP contribution in [-0.2, 0) is 0 Å². The van der Waals surface area contributed by atoms with Gasteiger partial charge in [-0.15, -0.1) is 0 Å². The molecule has 4 rings (SSSR count). The zero-order chi connectivity index (χ0) is 24.2. The van der Waals surface area contributed by atoms with E-state index in [1.807, 2.05) is 0 Å². The molecule has 2 heterocycles. The van der Waals surface area contributed by atoms with Gasteiger partial charge in [-0.3, -0.25) is 14.4 Å². The van der Waals surface area contributed by atoms with Crippen LogP contribution in [0.1, 0.15) is 36.8 Å². The number of amides is 2. The number of phenols is 2. The Hall–Kier alpha value is -4.51. The molecule has 2 aromatic carbocycles. The van der Waals surface area contributed by atoms with Gasteiger partial charge in [-0.05, 0) is 30.3 Å². The number of nitrogens with zero attached hydrogens (tertiary/aromatic N) is 2. The minimum Gasteiger partial charge on any atom is -0.504 e. The summed E-state index contributed by atoms with van der Waals surface area (Å²) >= 11 is 0. The van der Waals surface area contributed by atoms with E-state index in [4.69, 9.17) is 5.73 Å². The van der Waals surface area contributed by atoms with Crippen molar-refractivity contribution in [1.29, 1.82) is 0 Å². The van der Waals surface area contributed by atoms with Gasteiger partial charge in [-0.2, -0.15) is 0 Å². The van der Waals surface area contributed by atoms with Crippen molar-refractivity contribution in [2.45, 2.75) is 12.1 Å². The predicted molar refractivity (Wildman–Crippen MR) is 121 cm³/mol. The molecule has 34 heavy (non-hydrogen) atoms. The first-order valence-corrected chi connectivity index (χ1v) is 10.4. The highest BCUT2D eigenvalue weighted by Crippen LogP contribution is 2.29. The molecular weight excluding hydrogens is 440 g/mol. The number of hydrogen-bond acceptors (Lipinski definition) is 9. The molecule has 174 valence electrons. The smallest absolute Gasteiger partial charge is 0.270 e. The summed E-state index contributed by atoms with van der Waals surface area (Å²) in [5.41, 5.74) is 6.17. The van der Waals surface area contributed by atoms with Crippen molar-refractivity contribution in [2.24, 2.45) is 0 Å². The molecule has 2 amide bonds. The molecule has 11 heteroatoms. The van der Waals surface area contributed by atoms with Crippen molar-refractivity contribution >= 4 is 23.5 Å². The monoisotopic (exact) mass is 462 g/mol. The Morgan fingerprint density at radius 1 is 0.912 bits per heavy atom. The van der Waals surface area contributed by atoms with E-state index in [-0.39, 0.29) is 40.8 Å². The van der Waals surface area contributed by atoms with Crippen molar-refractivity contribution in [3.63, 3.8) is 0 Å². The fraction of sp³-hybridized carbons (Fsp3) is 0.174. The first kappa shape index (κ1) is 22.7. The number of rotatable bonds is 6. The van der Waals surface area contributed by atoms with Gasteiger partial charge in [-0.1, -0.05) is 18.2 Å². The van der Waals surface area contributed by atoms with E-state index in [1.165, 1.54) is 54.7 Å². The van der Waals surface area contributed by atoms with E-state index >= 15 is 0 Å². The zero-order valence-corrected chi connectivity index (χ0v) is 17.9. The lowest BCUT2D eigenvalue weighted by atomic mass is 10.0. The fourth-order valence-electron chi connectivity index (χ4n) is 3.62. The number of phenolic OH excluding ortho intramolecular Hbond substituents is 2. The van der Waals surface area contributed by atoms with Gasteiger partial charge in [0.05, 0.1) is 17.6 Å². The lowest BCUT2D eigenvalue weighted by molar-refractivity contribution is 0.0894. The van der Waals surface area contributed by atoms with Crippen molar-refractivity contribution in [3.05, 3.63) is 77.1 Å². The van der Waals surface area contributed by atoms with Gasteiger partial charge in [0, 0.05) is 30.4 Å². The fourth-order valence-corrected chi connectivity index (χ4v) is 3.62. The summed E-state index contributed by atoms with van der Waals surface area (Å²) in [6.07, 6.45) is 1.39. The third kappa shape index (κ3) is 4.79. The molecule has 0 radical (unpaired) electrons. The Bertz CT molecular complexity index is 1250. The number of carbonyl (C=O) groups is 3. The molecule has 0 aliphatic carbocycles. The average molecular weight is 462 g/mol. The third-order valence-corrected chi connectivity index (χ3v) is 5.42. The van der Waals surface area contributed by atoms with Crippen LogP contribution in [-0.4, -0.2) is 63.0 Å². The van der Waals surface area contributed by atoms with E-state index in [0.29, 0.717) is 18.7 Å². The summed E-state index contributed by atoms with van der Waals surface area (Å²) in [5, 5.41) is 28.4. The molecule has 11 nitrogen and oxygen atoms in total. The lowest BCUT2D eigenvalue weighted by Crippen LogP contribution is -2.51. The summed E-state index contributed by atoms with van der Waals surface area (Å²) < 4.78 is 0. The zero-order valence-electron chi connectivity index (χ0n) is 17.9. The number of hydrogen-bond donors (Lipinski definition) is 6. The Morgan fingerprint density at radius 3 is 2.24 bits per heavy atom. The van der Waals surface area contributed by atoms with Crippen LogP contribution in [0.2, 0.25) is 0 Å². The Balaban J connectivity index is 1.40. The number of ketones is 1. The highest BCUT2D eigenvalue weighted by Gasteiger charge is 2.30. The number of nitrogen functional groups attached to an aromatic ring is 1. The number of para-hydroxylation sites is 1. The molecule has 0 spiro atoms. The first-order valence-electron chi connectivity index (χ1n) is 10.4. The molecule has 2 atom stereocenters. The number of aromatic hydroxyl groups is 2. The van der Waals surface area contributed by atoms with Crippen LogP contribution in [0.15, 0.2) is 54.7 Å². The summed E-state index contributed by atoms with van der Waals surface area (Å²) in [6.45, 7) is 0.911. The number of nitrogens with two attached hydrogens (primary N) is 1. The Morgan fingerprint density at radius 2 is 1.56 bits per heavy atom. The molecular formula is C23H22N6O5. The van der Waals surface area contributed by atoms with E-state index in [1.54, 1.807) is 0 Å². The SMILES string of the molecule is Nc1nccc(C(=O)N[C@@H]2CNC[C@H]2NC(=O)c2ccc(C(=O)c3cccc(O)c3O)cc2)n1. The molecule has 7 N–H and O–H groups in total. The molecule has 1 aliphatic rings. The molecule has 0 unspecified atom stereocenters. The molecule has 1 aliphatic heterocycles. The number of carbonyl (C=O) groups excluding carboxylic acids is 3. The van der Waals surface area contributed by atoms with Crippen LogP contribution in [0.25, 0.3) is 0 Å². The van der Waals surface area contributed by atoms with Gasteiger partial charge in [0.15, 0.2) is 17.3 Å². The quantitative estimate of drug-likeness (QED) is 0.220. The van der Waals surface area contributed by atoms with E-state index in [2.05, 4.69) is 25.9 Å². The lowest BCUT2D eigenvalue weighted by Gasteiger charge is -2.21. The summed E-state index contributed by atoms with van der Waals surface area (Å²) in [7, 11) is 0. The summed E-state index contributed by atoms with van der Waals surface area (Å²) in [6, 6.07) is 10.7. The molecule has 1 aromatic heterocycles. The van der Waals surface area contributed by atoms with Gasteiger partial charge in [0.2, 0.25) is 5.95 Å². The van der Waals surface area contributed by atoms with E-state index in [9.17, 15) is 24.6 Å². The van der Waals surface area contributed by atoms with Crippen LogP contribution in [0, 0.1) is 0 Å². The van der Waals surface area contributed by atoms with Crippen LogP contribution < -0.4 is 21.7 Å². The van der Waals surface area contributed by atoms with E-state index in [0.717, 1.165) is 0 Å². The normalized spacial score (nSPS) is 17.2. The second kappa shape index (κ2) is 9.55. The number of benzene rings is 2. The highest BCUT2D eigenvalue weighted by atomic mass is 16.3. The van der Waals surface area contributed by atoms with Gasteiger partial charge >= 0.3 is 0 Å². The molecule has 0 saturated carbocycles. The maximum Gasteiger partial charge on any atom is 0.270 e. The predicted octanol–water partition coefficient (Wildman–Crippen LogP) is 0.201. The van der Waals surface area contributed by atoms with Crippen LogP contribution >= 0.6 is 0 Å². The third-order valence-electron chi connectivity index (χ3n) is 5.42. The average Bonchev–Trinajstić information content (AvgIpc) is 3.26. The van der Waals surface area contributed by atoms with E-state index < -0.39 is 23.2 Å². The van der Waals surface area contributed by atoms with Crippen molar-refractivity contribution in [3.8, 4) is 11.5 Å². The van der Waals surface area contributed by atoms with Crippen LogP contribution in [0.5, 0.6) is 11.5 Å². The van der Waals surface area contributed by atoms with Crippen molar-refractivity contribution < 1.29 is 24.6 Å². The van der Waals surface area contributed by atoms with Crippen LogP contribution in [0.3, 0.4) is 0 Å². The largest absolute Gasteiger partial charge is 0.504 e. The second-order valence-corrected chi connectivity index (χ2v) is 7.70. The standard InChI is InChI=1S/C23H22N6O5/c24-23-26-9-8-15(29-23)22(34)28-17-11-25-10-16(17)27-21(33)13-6-4-12(5-7-13)19(31)14-2-1-3-18(30)20(14)32/h1-9,16-17,25,30,32H,10-11H2,(H,27,33)(H,28,34)(H2,24,26,29)/t16-,17-/m1/s1. The summed E-state index contributed by atoms with van der Waals surface area (Å²) in [5.74, 6) is -2.20. The maximum atomic E-state index is 12.7. The molecule has 0 bridgehead atoms. The van der Waals surface area contributed by atoms with Gasteiger partial charge in [-0.25, -0.2) is 9.97 Å².